The average molecular weight is 362 g/mol. The Balaban J connectivity index is 0.00000288. The maximum atomic E-state index is 12.6. The van der Waals surface area contributed by atoms with Gasteiger partial charge in [0.25, 0.3) is 0 Å². The van der Waals surface area contributed by atoms with Crippen molar-refractivity contribution in [1.82, 2.24) is 9.80 Å². The zero-order chi connectivity index (χ0) is 16.5. The van der Waals surface area contributed by atoms with E-state index in [9.17, 15) is 9.59 Å². The molecule has 0 aromatic carbocycles. The van der Waals surface area contributed by atoms with Crippen LogP contribution < -0.4 is 5.73 Å². The molecule has 0 aromatic heterocycles. The van der Waals surface area contributed by atoms with E-state index in [1.165, 1.54) is 0 Å². The molecular formula is C17H32ClN3O3. The standard InChI is InChI=1S/C17H31N3O3.ClH/c18-8-4-2-1-3-7-16(21)20-9-5-6-15(14-20)17(22)19-10-12-23-13-11-19;/h15H,1-14,18H2;1H. The van der Waals surface area contributed by atoms with Crippen LogP contribution in [-0.2, 0) is 14.3 Å². The summed E-state index contributed by atoms with van der Waals surface area (Å²) in [6, 6.07) is 0. The zero-order valence-corrected chi connectivity index (χ0v) is 15.4. The van der Waals surface area contributed by atoms with Gasteiger partial charge in [0.2, 0.25) is 11.8 Å². The number of hydrogen-bond acceptors (Lipinski definition) is 4. The van der Waals surface area contributed by atoms with Gasteiger partial charge < -0.3 is 20.3 Å². The van der Waals surface area contributed by atoms with Gasteiger partial charge in [0.05, 0.1) is 19.1 Å². The summed E-state index contributed by atoms with van der Waals surface area (Å²) in [6.45, 7) is 4.75. The number of carbonyl (C=O) groups is 2. The van der Waals surface area contributed by atoms with Crippen LogP contribution >= 0.6 is 12.4 Å². The SMILES string of the molecule is Cl.NCCCCCCC(=O)N1CCCC(C(=O)N2CCOCC2)C1. The first kappa shape index (κ1) is 21.2. The molecule has 7 heteroatoms. The first-order chi connectivity index (χ1) is 11.2. The molecule has 0 saturated carbocycles. The van der Waals surface area contributed by atoms with Gasteiger partial charge in [-0.25, -0.2) is 0 Å². The fourth-order valence-electron chi connectivity index (χ4n) is 3.38. The number of likely N-dealkylation sites (tertiary alicyclic amines) is 1. The Labute approximate surface area is 151 Å². The predicted octanol–water partition coefficient (Wildman–Crippen LogP) is 1.41. The second-order valence-corrected chi connectivity index (χ2v) is 6.57. The third kappa shape index (κ3) is 6.57. The van der Waals surface area contributed by atoms with Crippen LogP contribution in [0.5, 0.6) is 0 Å². The molecule has 6 nitrogen and oxygen atoms in total. The molecule has 2 amide bonds. The molecule has 2 rings (SSSR count). The van der Waals surface area contributed by atoms with Gasteiger partial charge in [-0.15, -0.1) is 12.4 Å². The summed E-state index contributed by atoms with van der Waals surface area (Å²) in [4.78, 5) is 28.7. The maximum Gasteiger partial charge on any atom is 0.227 e. The van der Waals surface area contributed by atoms with E-state index in [1.807, 2.05) is 9.80 Å². The molecule has 0 radical (unpaired) electrons. The quantitative estimate of drug-likeness (QED) is 0.696. The number of morpholine rings is 1. The molecule has 1 atom stereocenters. The van der Waals surface area contributed by atoms with Crippen molar-refractivity contribution < 1.29 is 14.3 Å². The van der Waals surface area contributed by atoms with Crippen molar-refractivity contribution in [3.05, 3.63) is 0 Å². The molecule has 1 unspecified atom stereocenters. The Morgan fingerprint density at radius 3 is 2.42 bits per heavy atom. The minimum atomic E-state index is -0.0250. The molecule has 2 N–H and O–H groups in total. The van der Waals surface area contributed by atoms with Gasteiger partial charge in [0.15, 0.2) is 0 Å². The van der Waals surface area contributed by atoms with Crippen molar-refractivity contribution in [2.45, 2.75) is 44.9 Å². The Morgan fingerprint density at radius 1 is 1.00 bits per heavy atom. The van der Waals surface area contributed by atoms with Gasteiger partial charge >= 0.3 is 0 Å². The molecule has 2 saturated heterocycles. The topological polar surface area (TPSA) is 75.9 Å². The number of halogens is 1. The highest BCUT2D eigenvalue weighted by atomic mass is 35.5. The van der Waals surface area contributed by atoms with Gasteiger partial charge in [-0.2, -0.15) is 0 Å². The third-order valence-electron chi connectivity index (χ3n) is 4.79. The summed E-state index contributed by atoms with van der Waals surface area (Å²) in [5.41, 5.74) is 5.47. The Morgan fingerprint density at radius 2 is 1.71 bits per heavy atom. The summed E-state index contributed by atoms with van der Waals surface area (Å²) >= 11 is 0. The summed E-state index contributed by atoms with van der Waals surface area (Å²) < 4.78 is 5.30. The van der Waals surface area contributed by atoms with Crippen LogP contribution in [0.2, 0.25) is 0 Å². The number of carbonyl (C=O) groups excluding carboxylic acids is 2. The van der Waals surface area contributed by atoms with E-state index in [4.69, 9.17) is 10.5 Å². The molecule has 0 aromatic rings. The van der Waals surface area contributed by atoms with E-state index in [0.717, 1.165) is 51.6 Å². The Hall–Kier alpha value is -0.850. The number of nitrogens with zero attached hydrogens (tertiary/aromatic N) is 2. The normalized spacial score (nSPS) is 21.3. The van der Waals surface area contributed by atoms with Gasteiger partial charge in [0, 0.05) is 32.6 Å². The molecular weight excluding hydrogens is 330 g/mol. The Kier molecular flexibility index (Phi) is 10.3. The van der Waals surface area contributed by atoms with Crippen LogP contribution in [0.15, 0.2) is 0 Å². The molecule has 140 valence electrons. The lowest BCUT2D eigenvalue weighted by atomic mass is 9.96. The molecule has 2 heterocycles. The lowest BCUT2D eigenvalue weighted by Crippen LogP contribution is -2.49. The van der Waals surface area contributed by atoms with Crippen LogP contribution in [0, 0.1) is 5.92 Å². The van der Waals surface area contributed by atoms with E-state index >= 15 is 0 Å². The first-order valence-corrected chi connectivity index (χ1v) is 9.06. The fourth-order valence-corrected chi connectivity index (χ4v) is 3.38. The van der Waals surface area contributed by atoms with Crippen LogP contribution in [0.4, 0.5) is 0 Å². The van der Waals surface area contributed by atoms with E-state index in [0.29, 0.717) is 39.3 Å². The van der Waals surface area contributed by atoms with E-state index in [1.54, 1.807) is 0 Å². The molecule has 0 aliphatic carbocycles. The fraction of sp³-hybridized carbons (Fsp3) is 0.882. The van der Waals surface area contributed by atoms with Gasteiger partial charge in [-0.1, -0.05) is 12.8 Å². The monoisotopic (exact) mass is 361 g/mol. The van der Waals surface area contributed by atoms with Crippen LogP contribution in [0.3, 0.4) is 0 Å². The third-order valence-corrected chi connectivity index (χ3v) is 4.79. The van der Waals surface area contributed by atoms with E-state index in [2.05, 4.69) is 0 Å². The van der Waals surface area contributed by atoms with E-state index < -0.39 is 0 Å². The summed E-state index contributed by atoms with van der Waals surface area (Å²) in [5.74, 6) is 0.383. The lowest BCUT2D eigenvalue weighted by Gasteiger charge is -2.36. The van der Waals surface area contributed by atoms with Gasteiger partial charge in [0.1, 0.15) is 0 Å². The number of nitrogens with two attached hydrogens (primary N) is 1. The largest absolute Gasteiger partial charge is 0.378 e. The summed E-state index contributed by atoms with van der Waals surface area (Å²) in [7, 11) is 0. The number of hydrogen-bond donors (Lipinski definition) is 1. The minimum absolute atomic E-state index is 0. The average Bonchev–Trinajstić information content (AvgIpc) is 2.61. The number of rotatable bonds is 7. The van der Waals surface area contributed by atoms with Crippen molar-refractivity contribution in [1.29, 1.82) is 0 Å². The number of amides is 2. The summed E-state index contributed by atoms with van der Waals surface area (Å²) in [6.07, 6.45) is 6.56. The molecule has 2 aliphatic heterocycles. The highest BCUT2D eigenvalue weighted by Crippen LogP contribution is 2.20. The Bertz CT molecular complexity index is 389. The summed E-state index contributed by atoms with van der Waals surface area (Å²) in [5, 5.41) is 0. The van der Waals surface area contributed by atoms with Crippen LogP contribution in [0.25, 0.3) is 0 Å². The molecule has 0 spiro atoms. The number of unbranched alkanes of at least 4 members (excludes halogenated alkanes) is 3. The second kappa shape index (κ2) is 11.7. The highest BCUT2D eigenvalue weighted by Gasteiger charge is 2.31. The smallest absolute Gasteiger partial charge is 0.227 e. The molecule has 2 aliphatic rings. The zero-order valence-electron chi connectivity index (χ0n) is 14.6. The lowest BCUT2D eigenvalue weighted by molar-refractivity contribution is -0.144. The van der Waals surface area contributed by atoms with E-state index in [-0.39, 0.29) is 30.1 Å². The maximum absolute atomic E-state index is 12.6. The van der Waals surface area contributed by atoms with Crippen LogP contribution in [-0.4, -0.2) is 67.6 Å². The first-order valence-electron chi connectivity index (χ1n) is 9.06. The highest BCUT2D eigenvalue weighted by molar-refractivity contribution is 5.85. The van der Waals surface area contributed by atoms with Crippen molar-refractivity contribution in [2.75, 3.05) is 45.9 Å². The second-order valence-electron chi connectivity index (χ2n) is 6.57. The predicted molar refractivity (Wildman–Crippen MR) is 96.1 cm³/mol. The van der Waals surface area contributed by atoms with Gasteiger partial charge in [-0.3, -0.25) is 9.59 Å². The van der Waals surface area contributed by atoms with Crippen molar-refractivity contribution in [2.24, 2.45) is 11.7 Å². The van der Waals surface area contributed by atoms with Crippen LogP contribution in [0.1, 0.15) is 44.9 Å². The van der Waals surface area contributed by atoms with Gasteiger partial charge in [-0.05, 0) is 32.2 Å². The van der Waals surface area contributed by atoms with Crippen molar-refractivity contribution in [3.8, 4) is 0 Å². The molecule has 2 fully saturated rings. The van der Waals surface area contributed by atoms with Crippen molar-refractivity contribution in [3.63, 3.8) is 0 Å². The number of ether oxygens (including phenoxy) is 1. The van der Waals surface area contributed by atoms with Crippen molar-refractivity contribution >= 4 is 24.2 Å². The molecule has 24 heavy (non-hydrogen) atoms. The number of piperidine rings is 1. The molecule has 0 bridgehead atoms. The minimum Gasteiger partial charge on any atom is -0.378 e.